The Kier molecular flexibility index (Phi) is 4.73. The largest absolute Gasteiger partial charge is 0.335 e. The minimum absolute atomic E-state index is 0.125. The van der Waals surface area contributed by atoms with Crippen LogP contribution < -0.4 is 5.32 Å². The van der Waals surface area contributed by atoms with Crippen LogP contribution in [0.1, 0.15) is 6.92 Å². The van der Waals surface area contributed by atoms with Gasteiger partial charge >= 0.3 is 11.8 Å². The number of nitrogens with zero attached hydrogens (tertiary/aromatic N) is 3. The van der Waals surface area contributed by atoms with Gasteiger partial charge in [0.2, 0.25) is 0 Å². The fraction of sp³-hybridized carbons (Fsp3) is 0.700. The number of amides is 2. The van der Waals surface area contributed by atoms with Crippen molar-refractivity contribution in [1.82, 2.24) is 15.1 Å². The average Bonchev–Trinajstić information content (AvgIpc) is 2.35. The smallest absolute Gasteiger partial charge is 0.311 e. The molecule has 0 aromatic rings. The first-order valence-corrected chi connectivity index (χ1v) is 5.35. The highest BCUT2D eigenvalue weighted by Gasteiger charge is 2.24. The Bertz CT molecular complexity index is 302. The number of carbonyl (C=O) groups is 2. The van der Waals surface area contributed by atoms with E-state index in [1.54, 1.807) is 6.07 Å². The summed E-state index contributed by atoms with van der Waals surface area (Å²) in [6, 6.07) is 1.76. The molecule has 0 aromatic carbocycles. The molecule has 88 valence electrons. The zero-order chi connectivity index (χ0) is 12.0. The van der Waals surface area contributed by atoms with Gasteiger partial charge in [-0.2, -0.15) is 5.26 Å². The van der Waals surface area contributed by atoms with Crippen molar-refractivity contribution in [2.24, 2.45) is 0 Å². The molecular formula is C10H16N4O2. The van der Waals surface area contributed by atoms with Gasteiger partial charge in [-0.25, -0.2) is 0 Å². The van der Waals surface area contributed by atoms with E-state index in [-0.39, 0.29) is 6.54 Å². The zero-order valence-electron chi connectivity index (χ0n) is 9.40. The first-order chi connectivity index (χ1) is 7.69. The number of hydrogen-bond donors (Lipinski definition) is 1. The molecule has 1 rings (SSSR count). The lowest BCUT2D eigenvalue weighted by Crippen LogP contribution is -2.52. The lowest BCUT2D eigenvalue weighted by molar-refractivity contribution is -0.146. The molecule has 0 aliphatic carbocycles. The minimum atomic E-state index is -0.688. The number of carbonyl (C=O) groups excluding carboxylic acids is 2. The summed E-state index contributed by atoms with van der Waals surface area (Å²) >= 11 is 0. The number of rotatable bonds is 2. The summed E-state index contributed by atoms with van der Waals surface area (Å²) in [4.78, 5) is 26.6. The monoisotopic (exact) mass is 224 g/mol. The van der Waals surface area contributed by atoms with Crippen molar-refractivity contribution in [3.63, 3.8) is 0 Å². The predicted molar refractivity (Wildman–Crippen MR) is 57.3 cm³/mol. The second-order valence-corrected chi connectivity index (χ2v) is 3.57. The topological polar surface area (TPSA) is 76.4 Å². The molecule has 0 aromatic heterocycles. The average molecular weight is 224 g/mol. The molecule has 6 nitrogen and oxygen atoms in total. The molecule has 16 heavy (non-hydrogen) atoms. The quantitative estimate of drug-likeness (QED) is 0.471. The van der Waals surface area contributed by atoms with E-state index in [9.17, 15) is 9.59 Å². The highest BCUT2D eigenvalue weighted by atomic mass is 16.2. The third-order valence-corrected chi connectivity index (χ3v) is 2.63. The second kappa shape index (κ2) is 6.08. The van der Waals surface area contributed by atoms with E-state index in [0.717, 1.165) is 19.6 Å². The molecule has 2 amide bonds. The van der Waals surface area contributed by atoms with Crippen LogP contribution in [-0.4, -0.2) is 60.9 Å². The van der Waals surface area contributed by atoms with Gasteiger partial charge in [0.25, 0.3) is 0 Å². The van der Waals surface area contributed by atoms with Gasteiger partial charge < -0.3 is 15.1 Å². The number of nitrogens with one attached hydrogen (secondary N) is 1. The molecule has 1 saturated heterocycles. The molecule has 0 radical (unpaired) electrons. The maximum Gasteiger partial charge on any atom is 0.311 e. The van der Waals surface area contributed by atoms with Crippen LogP contribution in [0, 0.1) is 11.3 Å². The van der Waals surface area contributed by atoms with Crippen LogP contribution in [0.5, 0.6) is 0 Å². The van der Waals surface area contributed by atoms with E-state index < -0.39 is 11.8 Å². The third kappa shape index (κ3) is 3.21. The van der Waals surface area contributed by atoms with Crippen molar-refractivity contribution >= 4 is 11.8 Å². The highest BCUT2D eigenvalue weighted by Crippen LogP contribution is 2.01. The molecule has 0 atom stereocenters. The first-order valence-electron chi connectivity index (χ1n) is 5.35. The Labute approximate surface area is 94.8 Å². The molecule has 1 aliphatic rings. The molecule has 1 N–H and O–H groups in total. The van der Waals surface area contributed by atoms with Gasteiger partial charge in [0.15, 0.2) is 0 Å². The summed E-state index contributed by atoms with van der Waals surface area (Å²) in [6.07, 6.45) is 0. The van der Waals surface area contributed by atoms with Gasteiger partial charge in [-0.15, -0.1) is 0 Å². The van der Waals surface area contributed by atoms with Crippen molar-refractivity contribution in [2.75, 3.05) is 39.3 Å². The van der Waals surface area contributed by atoms with Crippen molar-refractivity contribution in [3.8, 4) is 6.07 Å². The Balaban J connectivity index is 2.38. The lowest BCUT2D eigenvalue weighted by Gasteiger charge is -2.33. The molecule has 0 saturated carbocycles. The molecule has 1 aliphatic heterocycles. The maximum absolute atomic E-state index is 11.6. The van der Waals surface area contributed by atoms with Crippen LogP contribution >= 0.6 is 0 Å². The normalized spacial score (nSPS) is 16.6. The fourth-order valence-electron chi connectivity index (χ4n) is 1.61. The van der Waals surface area contributed by atoms with Gasteiger partial charge in [0.05, 0.1) is 6.07 Å². The number of nitriles is 1. The van der Waals surface area contributed by atoms with E-state index in [4.69, 9.17) is 5.26 Å². The minimum Gasteiger partial charge on any atom is -0.335 e. The molecule has 1 fully saturated rings. The fourth-order valence-corrected chi connectivity index (χ4v) is 1.61. The molecule has 0 spiro atoms. The summed E-state index contributed by atoms with van der Waals surface area (Å²) in [5.41, 5.74) is 0. The Morgan fingerprint density at radius 2 is 1.94 bits per heavy atom. The molecule has 1 heterocycles. The van der Waals surface area contributed by atoms with Crippen LogP contribution in [0.4, 0.5) is 0 Å². The lowest BCUT2D eigenvalue weighted by atomic mass is 10.3. The van der Waals surface area contributed by atoms with E-state index in [2.05, 4.69) is 17.1 Å². The summed E-state index contributed by atoms with van der Waals surface area (Å²) < 4.78 is 0. The van der Waals surface area contributed by atoms with E-state index in [1.807, 2.05) is 0 Å². The van der Waals surface area contributed by atoms with Gasteiger partial charge in [0.1, 0.15) is 6.54 Å². The van der Waals surface area contributed by atoms with Gasteiger partial charge in [-0.05, 0) is 6.54 Å². The van der Waals surface area contributed by atoms with Crippen LogP contribution in [0.3, 0.4) is 0 Å². The van der Waals surface area contributed by atoms with Crippen molar-refractivity contribution in [1.29, 1.82) is 5.26 Å². The Hall–Kier alpha value is -1.61. The maximum atomic E-state index is 11.6. The first kappa shape index (κ1) is 12.5. The van der Waals surface area contributed by atoms with Gasteiger partial charge in [0, 0.05) is 26.2 Å². The van der Waals surface area contributed by atoms with Crippen molar-refractivity contribution in [2.45, 2.75) is 6.92 Å². The molecule has 6 heteroatoms. The molecular weight excluding hydrogens is 208 g/mol. The summed E-state index contributed by atoms with van der Waals surface area (Å²) in [6.45, 7) is 5.65. The van der Waals surface area contributed by atoms with Crippen molar-refractivity contribution in [3.05, 3.63) is 0 Å². The van der Waals surface area contributed by atoms with Crippen LogP contribution in [-0.2, 0) is 9.59 Å². The van der Waals surface area contributed by atoms with Crippen molar-refractivity contribution < 1.29 is 9.59 Å². The third-order valence-electron chi connectivity index (χ3n) is 2.63. The summed E-state index contributed by atoms with van der Waals surface area (Å²) in [7, 11) is 0. The number of piperazine rings is 1. The summed E-state index contributed by atoms with van der Waals surface area (Å²) in [5.74, 6) is -1.22. The Morgan fingerprint density at radius 1 is 1.31 bits per heavy atom. The zero-order valence-corrected chi connectivity index (χ0v) is 9.40. The van der Waals surface area contributed by atoms with E-state index >= 15 is 0 Å². The predicted octanol–water partition coefficient (Wildman–Crippen LogP) is -1.21. The van der Waals surface area contributed by atoms with E-state index in [0.29, 0.717) is 13.1 Å². The van der Waals surface area contributed by atoms with Crippen LogP contribution in [0.25, 0.3) is 0 Å². The van der Waals surface area contributed by atoms with Gasteiger partial charge in [-0.3, -0.25) is 9.59 Å². The molecule has 0 unspecified atom stereocenters. The van der Waals surface area contributed by atoms with Crippen LogP contribution in [0.2, 0.25) is 0 Å². The number of hydrogen-bond acceptors (Lipinski definition) is 4. The molecule has 0 bridgehead atoms. The second-order valence-electron chi connectivity index (χ2n) is 3.57. The van der Waals surface area contributed by atoms with Crippen LogP contribution in [0.15, 0.2) is 0 Å². The SMILES string of the molecule is CCN1CCN(C(=O)C(=O)NCC#N)CC1. The van der Waals surface area contributed by atoms with E-state index in [1.165, 1.54) is 4.90 Å². The van der Waals surface area contributed by atoms with Gasteiger partial charge in [-0.1, -0.05) is 6.92 Å². The summed E-state index contributed by atoms with van der Waals surface area (Å²) in [5, 5.41) is 10.5. The highest BCUT2D eigenvalue weighted by molar-refractivity contribution is 6.35. The Morgan fingerprint density at radius 3 is 2.44 bits per heavy atom. The number of likely N-dealkylation sites (N-methyl/N-ethyl adjacent to an activating group) is 1. The standard InChI is InChI=1S/C10H16N4O2/c1-2-13-5-7-14(8-6-13)10(16)9(15)12-4-3-11/h2,4-8H2,1H3,(H,12,15).